The maximum Gasteiger partial charge on any atom is 0.434 e. The van der Waals surface area contributed by atoms with E-state index < -0.39 is 11.9 Å². The highest BCUT2D eigenvalue weighted by Crippen LogP contribution is 2.27. The molecule has 3 nitrogen and oxygen atoms in total. The molecule has 0 aliphatic rings. The molecule has 0 saturated carbocycles. The summed E-state index contributed by atoms with van der Waals surface area (Å²) in [6.45, 7) is 0. The Morgan fingerprint density at radius 2 is 2.17 bits per heavy atom. The van der Waals surface area contributed by atoms with Crippen LogP contribution in [0.15, 0.2) is 6.20 Å². The number of aromatic nitrogens is 2. The van der Waals surface area contributed by atoms with Crippen LogP contribution < -0.4 is 0 Å². The molecule has 1 aromatic heterocycles. The van der Waals surface area contributed by atoms with Crippen LogP contribution in [0.4, 0.5) is 13.2 Å². The number of nitrogens with zero attached hydrogens (tertiary/aromatic N) is 3. The fraction of sp³-hybridized carbons (Fsp3) is 0.333. The fourth-order valence-electron chi connectivity index (χ4n) is 0.707. The van der Waals surface area contributed by atoms with Crippen molar-refractivity contribution in [2.24, 2.45) is 7.05 Å². The lowest BCUT2D eigenvalue weighted by molar-refractivity contribution is -0.141. The third-order valence-electron chi connectivity index (χ3n) is 1.27. The molecule has 0 bridgehead atoms. The lowest BCUT2D eigenvalue weighted by atomic mass is 10.5. The second-order valence-electron chi connectivity index (χ2n) is 2.17. The molecule has 0 N–H and O–H groups in total. The summed E-state index contributed by atoms with van der Waals surface area (Å²) >= 11 is 0. The minimum atomic E-state index is -4.48. The van der Waals surface area contributed by atoms with Crippen LogP contribution >= 0.6 is 0 Å². The molecule has 0 radical (unpaired) electrons. The van der Waals surface area contributed by atoms with Crippen molar-refractivity contribution in [3.8, 4) is 6.07 Å². The summed E-state index contributed by atoms with van der Waals surface area (Å²) in [4.78, 5) is 3.08. The zero-order chi connectivity index (χ0) is 9.35. The van der Waals surface area contributed by atoms with Gasteiger partial charge in [-0.3, -0.25) is 0 Å². The van der Waals surface area contributed by atoms with Gasteiger partial charge in [-0.05, 0) is 0 Å². The molecule has 0 aliphatic heterocycles. The molecular weight excluding hydrogens is 171 g/mol. The molecule has 12 heavy (non-hydrogen) atoms. The van der Waals surface area contributed by atoms with Gasteiger partial charge in [-0.1, -0.05) is 0 Å². The van der Waals surface area contributed by atoms with E-state index in [1.54, 1.807) is 0 Å². The van der Waals surface area contributed by atoms with E-state index in [1.165, 1.54) is 13.1 Å². The normalized spacial score (nSPS) is 11.2. The smallest absolute Gasteiger partial charge is 0.325 e. The Hall–Kier alpha value is -1.51. The monoisotopic (exact) mass is 175 g/mol. The summed E-state index contributed by atoms with van der Waals surface area (Å²) in [5.74, 6) is -0.248. The molecule has 0 aromatic carbocycles. The Morgan fingerprint density at radius 1 is 1.58 bits per heavy atom. The maximum absolute atomic E-state index is 11.9. The molecule has 1 rings (SSSR count). The summed E-state index contributed by atoms with van der Waals surface area (Å²) in [6.07, 6.45) is -3.70. The van der Waals surface area contributed by atoms with E-state index in [2.05, 4.69) is 4.98 Å². The van der Waals surface area contributed by atoms with Crippen LogP contribution in [0, 0.1) is 11.3 Å². The van der Waals surface area contributed by atoms with Crippen molar-refractivity contribution in [1.29, 1.82) is 5.26 Å². The molecule has 0 spiro atoms. The number of hydrogen-bond acceptors (Lipinski definition) is 2. The van der Waals surface area contributed by atoms with E-state index in [9.17, 15) is 13.2 Å². The minimum Gasteiger partial charge on any atom is -0.325 e. The zero-order valence-corrected chi connectivity index (χ0v) is 6.05. The van der Waals surface area contributed by atoms with Crippen molar-refractivity contribution in [1.82, 2.24) is 9.55 Å². The topological polar surface area (TPSA) is 41.6 Å². The number of halogens is 3. The Bertz CT molecular complexity index is 331. The van der Waals surface area contributed by atoms with Crippen molar-refractivity contribution in [3.05, 3.63) is 17.7 Å². The third kappa shape index (κ3) is 1.39. The lowest BCUT2D eigenvalue weighted by Gasteiger charge is -1.98. The molecule has 64 valence electrons. The van der Waals surface area contributed by atoms with E-state index >= 15 is 0 Å². The van der Waals surface area contributed by atoms with Gasteiger partial charge in [0.1, 0.15) is 6.07 Å². The molecule has 0 saturated heterocycles. The van der Waals surface area contributed by atoms with Gasteiger partial charge in [0.2, 0.25) is 5.82 Å². The predicted molar refractivity (Wildman–Crippen MR) is 32.9 cm³/mol. The van der Waals surface area contributed by atoms with E-state index in [0.717, 1.165) is 10.8 Å². The molecule has 0 unspecified atom stereocenters. The highest BCUT2D eigenvalue weighted by Gasteiger charge is 2.34. The standard InChI is InChI=1S/C6H4F3N3/c1-12-3-4(6(7,8)9)11-5(12)2-10/h3H,1H3. The van der Waals surface area contributed by atoms with Gasteiger partial charge in [-0.25, -0.2) is 4.98 Å². The van der Waals surface area contributed by atoms with Gasteiger partial charge in [-0.2, -0.15) is 18.4 Å². The second-order valence-corrected chi connectivity index (χ2v) is 2.17. The average molecular weight is 175 g/mol. The van der Waals surface area contributed by atoms with Crippen LogP contribution in [0.1, 0.15) is 11.5 Å². The van der Waals surface area contributed by atoms with Crippen LogP contribution in [-0.2, 0) is 13.2 Å². The second kappa shape index (κ2) is 2.52. The first-order valence-electron chi connectivity index (χ1n) is 2.96. The number of aryl methyl sites for hydroxylation is 1. The van der Waals surface area contributed by atoms with E-state index in [4.69, 9.17) is 5.26 Å². The first kappa shape index (κ1) is 8.59. The average Bonchev–Trinajstić information content (AvgIpc) is 2.29. The third-order valence-corrected chi connectivity index (χ3v) is 1.27. The molecule has 6 heteroatoms. The van der Waals surface area contributed by atoms with Crippen molar-refractivity contribution < 1.29 is 13.2 Å². The van der Waals surface area contributed by atoms with Gasteiger partial charge >= 0.3 is 6.18 Å². The zero-order valence-electron chi connectivity index (χ0n) is 6.05. The highest BCUT2D eigenvalue weighted by atomic mass is 19.4. The Balaban J connectivity index is 3.16. The van der Waals surface area contributed by atoms with Crippen molar-refractivity contribution in [2.45, 2.75) is 6.18 Å². The van der Waals surface area contributed by atoms with E-state index in [0.29, 0.717) is 0 Å². The molecule has 1 heterocycles. The van der Waals surface area contributed by atoms with Crippen LogP contribution in [0.3, 0.4) is 0 Å². The van der Waals surface area contributed by atoms with Crippen LogP contribution in [0.5, 0.6) is 0 Å². The van der Waals surface area contributed by atoms with Crippen LogP contribution in [-0.4, -0.2) is 9.55 Å². The highest BCUT2D eigenvalue weighted by molar-refractivity contribution is 5.17. The fourth-order valence-corrected chi connectivity index (χ4v) is 0.707. The summed E-state index contributed by atoms with van der Waals surface area (Å²) in [5, 5.41) is 8.30. The quantitative estimate of drug-likeness (QED) is 0.596. The Morgan fingerprint density at radius 3 is 2.42 bits per heavy atom. The van der Waals surface area contributed by atoms with E-state index in [1.807, 2.05) is 0 Å². The molecule has 1 aromatic rings. The lowest BCUT2D eigenvalue weighted by Crippen LogP contribution is -2.04. The van der Waals surface area contributed by atoms with Gasteiger partial charge < -0.3 is 4.57 Å². The van der Waals surface area contributed by atoms with Crippen molar-refractivity contribution in [2.75, 3.05) is 0 Å². The van der Waals surface area contributed by atoms with Crippen LogP contribution in [0.25, 0.3) is 0 Å². The minimum absolute atomic E-state index is 0.248. The van der Waals surface area contributed by atoms with Gasteiger partial charge in [0.15, 0.2) is 5.69 Å². The molecule has 0 amide bonds. The summed E-state index contributed by atoms with van der Waals surface area (Å²) in [7, 11) is 1.33. The van der Waals surface area contributed by atoms with Gasteiger partial charge in [0.05, 0.1) is 0 Å². The number of rotatable bonds is 0. The van der Waals surface area contributed by atoms with Gasteiger partial charge in [0.25, 0.3) is 0 Å². The van der Waals surface area contributed by atoms with E-state index in [-0.39, 0.29) is 5.82 Å². The number of nitriles is 1. The first-order chi connectivity index (χ1) is 5.45. The number of hydrogen-bond donors (Lipinski definition) is 0. The van der Waals surface area contributed by atoms with Crippen LogP contribution in [0.2, 0.25) is 0 Å². The summed E-state index contributed by atoms with van der Waals surface area (Å²) in [6, 6.07) is 1.54. The Kier molecular flexibility index (Phi) is 1.80. The molecular formula is C6H4F3N3. The van der Waals surface area contributed by atoms with Crippen molar-refractivity contribution >= 4 is 0 Å². The van der Waals surface area contributed by atoms with Gasteiger partial charge in [-0.15, -0.1) is 0 Å². The molecule has 0 fully saturated rings. The van der Waals surface area contributed by atoms with Crippen molar-refractivity contribution in [3.63, 3.8) is 0 Å². The molecule has 0 aliphatic carbocycles. The summed E-state index contributed by atoms with van der Waals surface area (Å²) in [5.41, 5.74) is -1.04. The molecule has 0 atom stereocenters. The first-order valence-corrected chi connectivity index (χ1v) is 2.96. The largest absolute Gasteiger partial charge is 0.434 e. The SMILES string of the molecule is Cn1cc(C(F)(F)F)nc1C#N. The predicted octanol–water partition coefficient (Wildman–Crippen LogP) is 1.31. The maximum atomic E-state index is 11.9. The summed E-state index contributed by atoms with van der Waals surface area (Å²) < 4.78 is 36.8. The Labute approximate surface area is 66.1 Å². The number of alkyl halides is 3. The number of imidazole rings is 1. The van der Waals surface area contributed by atoms with Gasteiger partial charge in [0, 0.05) is 13.2 Å².